The normalized spacial score (nSPS) is 10.5. The minimum absolute atomic E-state index is 0.202. The van der Waals surface area contributed by atoms with Gasteiger partial charge in [0.15, 0.2) is 10.9 Å². The number of nitrogens with one attached hydrogen (secondary N) is 1. The van der Waals surface area contributed by atoms with Gasteiger partial charge in [0.1, 0.15) is 18.3 Å². The Kier molecular flexibility index (Phi) is 3.75. The summed E-state index contributed by atoms with van der Waals surface area (Å²) in [7, 11) is 0. The zero-order valence-electron chi connectivity index (χ0n) is 11.4. The Morgan fingerprint density at radius 2 is 2.29 bits per heavy atom. The lowest BCUT2D eigenvalue weighted by Gasteiger charge is -2.02. The molecule has 106 valence electrons. The van der Waals surface area contributed by atoms with Gasteiger partial charge in [-0.3, -0.25) is 0 Å². The number of rotatable bonds is 5. The van der Waals surface area contributed by atoms with Crippen molar-refractivity contribution in [2.45, 2.75) is 13.5 Å². The standard InChI is InChI=1S/C15H13N3O2S/c1-2-17-15-18-8-10(21-15)9-19-14-11-5-3-4-6-12(11)20-13(14)7-16/h3-6,8H,2,9H2,1H3,(H,17,18). The molecule has 1 aromatic carbocycles. The average Bonchev–Trinajstić information content (AvgIpc) is 3.09. The molecule has 0 spiro atoms. The van der Waals surface area contributed by atoms with E-state index in [1.807, 2.05) is 37.3 Å². The van der Waals surface area contributed by atoms with E-state index in [9.17, 15) is 0 Å². The topological polar surface area (TPSA) is 71.1 Å². The highest BCUT2D eigenvalue weighted by Crippen LogP contribution is 2.33. The van der Waals surface area contributed by atoms with Crippen LogP contribution in [0.2, 0.25) is 0 Å². The lowest BCUT2D eigenvalue weighted by atomic mass is 10.2. The molecule has 0 bridgehead atoms. The molecule has 1 N–H and O–H groups in total. The number of thiazole rings is 1. The number of para-hydroxylation sites is 1. The lowest BCUT2D eigenvalue weighted by molar-refractivity contribution is 0.307. The largest absolute Gasteiger partial charge is 0.483 e. The maximum absolute atomic E-state index is 9.15. The van der Waals surface area contributed by atoms with Gasteiger partial charge in [0.25, 0.3) is 0 Å². The second-order valence-electron chi connectivity index (χ2n) is 4.32. The summed E-state index contributed by atoms with van der Waals surface area (Å²) in [5.41, 5.74) is 0.654. The molecule has 3 rings (SSSR count). The predicted octanol–water partition coefficient (Wildman–Crippen LogP) is 3.77. The van der Waals surface area contributed by atoms with Gasteiger partial charge in [-0.05, 0) is 19.1 Å². The molecule has 0 radical (unpaired) electrons. The summed E-state index contributed by atoms with van der Waals surface area (Å²) in [6.45, 7) is 3.22. The number of benzene rings is 1. The Morgan fingerprint density at radius 3 is 3.10 bits per heavy atom. The van der Waals surface area contributed by atoms with E-state index in [0.717, 1.165) is 21.9 Å². The van der Waals surface area contributed by atoms with Crippen molar-refractivity contribution in [3.8, 4) is 11.8 Å². The molecule has 0 aliphatic rings. The van der Waals surface area contributed by atoms with Gasteiger partial charge >= 0.3 is 0 Å². The van der Waals surface area contributed by atoms with Crippen molar-refractivity contribution in [2.24, 2.45) is 0 Å². The van der Waals surface area contributed by atoms with Crippen molar-refractivity contribution in [3.05, 3.63) is 41.1 Å². The maximum Gasteiger partial charge on any atom is 0.246 e. The van der Waals surface area contributed by atoms with Crippen molar-refractivity contribution in [2.75, 3.05) is 11.9 Å². The van der Waals surface area contributed by atoms with E-state index in [-0.39, 0.29) is 5.76 Å². The van der Waals surface area contributed by atoms with Gasteiger partial charge in [-0.2, -0.15) is 5.26 Å². The fraction of sp³-hybridized carbons (Fsp3) is 0.200. The SMILES string of the molecule is CCNc1ncc(COc2c(C#N)oc3ccccc23)s1. The van der Waals surface area contributed by atoms with Crippen LogP contribution in [0.1, 0.15) is 17.6 Å². The van der Waals surface area contributed by atoms with Crippen LogP contribution in [0.5, 0.6) is 5.75 Å². The van der Waals surface area contributed by atoms with Crippen LogP contribution < -0.4 is 10.1 Å². The highest BCUT2D eigenvalue weighted by molar-refractivity contribution is 7.15. The number of nitrogens with zero attached hydrogens (tertiary/aromatic N) is 2. The number of nitriles is 1. The average molecular weight is 299 g/mol. The molecule has 2 heterocycles. The summed E-state index contributed by atoms with van der Waals surface area (Å²) in [6, 6.07) is 9.48. The number of hydrogen-bond acceptors (Lipinski definition) is 6. The molecule has 0 saturated heterocycles. The van der Waals surface area contributed by atoms with Gasteiger partial charge in [0.2, 0.25) is 5.76 Å². The molecule has 0 unspecified atom stereocenters. The molecule has 0 atom stereocenters. The first-order valence-corrected chi connectivity index (χ1v) is 7.36. The molecular weight excluding hydrogens is 286 g/mol. The van der Waals surface area contributed by atoms with Crippen molar-refractivity contribution >= 4 is 27.4 Å². The molecule has 3 aromatic rings. The minimum Gasteiger partial charge on any atom is -0.483 e. The third-order valence-corrected chi connectivity index (χ3v) is 3.82. The zero-order chi connectivity index (χ0) is 14.7. The van der Waals surface area contributed by atoms with E-state index < -0.39 is 0 Å². The van der Waals surface area contributed by atoms with E-state index in [4.69, 9.17) is 14.4 Å². The third-order valence-electron chi connectivity index (χ3n) is 2.89. The number of furan rings is 1. The van der Waals surface area contributed by atoms with E-state index in [2.05, 4.69) is 10.3 Å². The minimum atomic E-state index is 0.202. The van der Waals surface area contributed by atoms with E-state index in [0.29, 0.717) is 17.9 Å². The molecule has 6 heteroatoms. The number of anilines is 1. The fourth-order valence-corrected chi connectivity index (χ4v) is 2.78. The highest BCUT2D eigenvalue weighted by Gasteiger charge is 2.15. The van der Waals surface area contributed by atoms with Gasteiger partial charge in [-0.25, -0.2) is 4.98 Å². The quantitative estimate of drug-likeness (QED) is 0.776. The predicted molar refractivity (Wildman–Crippen MR) is 81.5 cm³/mol. The lowest BCUT2D eigenvalue weighted by Crippen LogP contribution is -1.94. The van der Waals surface area contributed by atoms with Crippen LogP contribution in [0.25, 0.3) is 11.0 Å². The molecule has 0 aliphatic carbocycles. The summed E-state index contributed by atoms with van der Waals surface area (Å²) < 4.78 is 11.3. The van der Waals surface area contributed by atoms with Gasteiger partial charge in [-0.1, -0.05) is 23.5 Å². The van der Waals surface area contributed by atoms with Gasteiger partial charge < -0.3 is 14.5 Å². The summed E-state index contributed by atoms with van der Waals surface area (Å²) in [5, 5.41) is 14.0. The summed E-state index contributed by atoms with van der Waals surface area (Å²) >= 11 is 1.54. The second kappa shape index (κ2) is 5.85. The van der Waals surface area contributed by atoms with Crippen LogP contribution in [-0.4, -0.2) is 11.5 Å². The van der Waals surface area contributed by atoms with Crippen LogP contribution in [0.3, 0.4) is 0 Å². The van der Waals surface area contributed by atoms with Crippen molar-refractivity contribution in [1.29, 1.82) is 5.26 Å². The van der Waals surface area contributed by atoms with Crippen LogP contribution in [0.4, 0.5) is 5.13 Å². The van der Waals surface area contributed by atoms with E-state index >= 15 is 0 Å². The fourth-order valence-electron chi connectivity index (χ4n) is 1.99. The zero-order valence-corrected chi connectivity index (χ0v) is 12.2. The molecule has 0 saturated carbocycles. The Hall–Kier alpha value is -2.52. The second-order valence-corrected chi connectivity index (χ2v) is 5.43. The third kappa shape index (κ3) is 2.69. The Balaban J connectivity index is 1.82. The first-order chi connectivity index (χ1) is 10.3. The van der Waals surface area contributed by atoms with Crippen molar-refractivity contribution in [3.63, 3.8) is 0 Å². The molecule has 0 fully saturated rings. The van der Waals surface area contributed by atoms with Crippen molar-refractivity contribution < 1.29 is 9.15 Å². The molecule has 5 nitrogen and oxygen atoms in total. The Morgan fingerprint density at radius 1 is 1.43 bits per heavy atom. The van der Waals surface area contributed by atoms with Gasteiger partial charge in [-0.15, -0.1) is 0 Å². The van der Waals surface area contributed by atoms with Crippen LogP contribution in [-0.2, 0) is 6.61 Å². The molecule has 0 aliphatic heterocycles. The summed E-state index contributed by atoms with van der Waals surface area (Å²) in [4.78, 5) is 5.24. The van der Waals surface area contributed by atoms with Gasteiger partial charge in [0, 0.05) is 12.7 Å². The van der Waals surface area contributed by atoms with Crippen LogP contribution >= 0.6 is 11.3 Å². The van der Waals surface area contributed by atoms with Crippen LogP contribution in [0.15, 0.2) is 34.9 Å². The maximum atomic E-state index is 9.15. The smallest absolute Gasteiger partial charge is 0.246 e. The first-order valence-electron chi connectivity index (χ1n) is 6.54. The molecular formula is C15H13N3O2S. The Bertz CT molecular complexity index is 801. The van der Waals surface area contributed by atoms with Crippen LogP contribution in [0, 0.1) is 11.3 Å². The van der Waals surface area contributed by atoms with E-state index in [1.165, 1.54) is 11.3 Å². The molecule has 2 aromatic heterocycles. The number of fused-ring (bicyclic) bond motifs is 1. The molecule has 0 amide bonds. The first kappa shape index (κ1) is 13.5. The number of hydrogen-bond donors (Lipinski definition) is 1. The summed E-state index contributed by atoms with van der Waals surface area (Å²) in [6.07, 6.45) is 1.77. The van der Waals surface area contributed by atoms with Gasteiger partial charge in [0.05, 0.1) is 10.3 Å². The van der Waals surface area contributed by atoms with E-state index in [1.54, 1.807) is 6.20 Å². The Labute approximate surface area is 125 Å². The number of aromatic nitrogens is 1. The monoisotopic (exact) mass is 299 g/mol. The number of ether oxygens (including phenoxy) is 1. The summed E-state index contributed by atoms with van der Waals surface area (Å²) in [5.74, 6) is 0.694. The highest BCUT2D eigenvalue weighted by atomic mass is 32.1. The molecule has 21 heavy (non-hydrogen) atoms. The van der Waals surface area contributed by atoms with Crippen molar-refractivity contribution in [1.82, 2.24) is 4.98 Å².